The lowest BCUT2D eigenvalue weighted by molar-refractivity contribution is 0.0941. The SMILES string of the molecule is CCC(N)(CC)CNC(=O)c1cccc(OCc2cccnc2)c1. The van der Waals surface area contributed by atoms with E-state index in [-0.39, 0.29) is 11.4 Å². The molecule has 5 heteroatoms. The third-order valence-electron chi connectivity index (χ3n) is 4.23. The number of nitrogens with two attached hydrogens (primary N) is 1. The van der Waals surface area contributed by atoms with Crippen molar-refractivity contribution in [3.8, 4) is 5.75 Å². The average molecular weight is 327 g/mol. The molecule has 0 fully saturated rings. The molecule has 1 amide bonds. The highest BCUT2D eigenvalue weighted by molar-refractivity contribution is 5.94. The van der Waals surface area contributed by atoms with Crippen LogP contribution in [-0.4, -0.2) is 23.0 Å². The fraction of sp³-hybridized carbons (Fsp3) is 0.368. The van der Waals surface area contributed by atoms with Crippen molar-refractivity contribution in [2.45, 2.75) is 38.8 Å². The standard InChI is InChI=1S/C19H25N3O2/c1-3-19(20,4-2)14-22-18(23)16-8-5-9-17(11-16)24-13-15-7-6-10-21-12-15/h5-12H,3-4,13-14,20H2,1-2H3,(H,22,23). The average Bonchev–Trinajstić information content (AvgIpc) is 2.65. The van der Waals surface area contributed by atoms with E-state index >= 15 is 0 Å². The highest BCUT2D eigenvalue weighted by Crippen LogP contribution is 2.16. The minimum Gasteiger partial charge on any atom is -0.489 e. The van der Waals surface area contributed by atoms with Crippen LogP contribution in [-0.2, 0) is 6.61 Å². The first-order valence-electron chi connectivity index (χ1n) is 8.25. The zero-order valence-electron chi connectivity index (χ0n) is 14.3. The Morgan fingerprint density at radius 3 is 2.71 bits per heavy atom. The zero-order chi connectivity index (χ0) is 17.4. The fourth-order valence-corrected chi connectivity index (χ4v) is 2.24. The van der Waals surface area contributed by atoms with E-state index in [1.54, 1.807) is 24.5 Å². The Kier molecular flexibility index (Phi) is 6.32. The van der Waals surface area contributed by atoms with Crippen LogP contribution in [0, 0.1) is 0 Å². The van der Waals surface area contributed by atoms with Crippen molar-refractivity contribution in [2.24, 2.45) is 5.73 Å². The van der Waals surface area contributed by atoms with Gasteiger partial charge in [-0.3, -0.25) is 9.78 Å². The number of carbonyl (C=O) groups is 1. The van der Waals surface area contributed by atoms with Gasteiger partial charge in [0.25, 0.3) is 5.91 Å². The van der Waals surface area contributed by atoms with Gasteiger partial charge in [0, 0.05) is 35.6 Å². The smallest absolute Gasteiger partial charge is 0.251 e. The third kappa shape index (κ3) is 5.06. The number of hydrogen-bond acceptors (Lipinski definition) is 4. The van der Waals surface area contributed by atoms with Gasteiger partial charge in [0.15, 0.2) is 0 Å². The molecule has 2 rings (SSSR count). The molecule has 128 valence electrons. The molecule has 0 aliphatic heterocycles. The molecule has 0 bridgehead atoms. The third-order valence-corrected chi connectivity index (χ3v) is 4.23. The van der Waals surface area contributed by atoms with Crippen molar-refractivity contribution in [1.29, 1.82) is 0 Å². The number of carbonyl (C=O) groups excluding carboxylic acids is 1. The molecule has 3 N–H and O–H groups in total. The lowest BCUT2D eigenvalue weighted by Crippen LogP contribution is -2.49. The van der Waals surface area contributed by atoms with E-state index in [1.807, 2.05) is 38.1 Å². The number of nitrogens with zero attached hydrogens (tertiary/aromatic N) is 1. The van der Waals surface area contributed by atoms with Crippen LogP contribution < -0.4 is 15.8 Å². The van der Waals surface area contributed by atoms with Gasteiger partial charge in [0.2, 0.25) is 0 Å². The van der Waals surface area contributed by atoms with Crippen molar-refractivity contribution in [1.82, 2.24) is 10.3 Å². The van der Waals surface area contributed by atoms with Crippen LogP contribution >= 0.6 is 0 Å². The Labute approximate surface area is 143 Å². The second kappa shape index (κ2) is 8.45. The van der Waals surface area contributed by atoms with E-state index in [0.717, 1.165) is 18.4 Å². The molecule has 0 atom stereocenters. The summed E-state index contributed by atoms with van der Waals surface area (Å²) in [5, 5.41) is 2.91. The van der Waals surface area contributed by atoms with E-state index in [1.165, 1.54) is 0 Å². The summed E-state index contributed by atoms with van der Waals surface area (Å²) in [5.74, 6) is 0.509. The highest BCUT2D eigenvalue weighted by atomic mass is 16.5. The molecule has 5 nitrogen and oxygen atoms in total. The van der Waals surface area contributed by atoms with Crippen LogP contribution in [0.2, 0.25) is 0 Å². The number of hydrogen-bond donors (Lipinski definition) is 2. The summed E-state index contributed by atoms with van der Waals surface area (Å²) >= 11 is 0. The van der Waals surface area contributed by atoms with Crippen molar-refractivity contribution >= 4 is 5.91 Å². The molecule has 0 radical (unpaired) electrons. The molecule has 2 aromatic rings. The second-order valence-electron chi connectivity index (χ2n) is 5.93. The molecule has 1 heterocycles. The summed E-state index contributed by atoms with van der Waals surface area (Å²) in [7, 11) is 0. The number of rotatable bonds is 8. The highest BCUT2D eigenvalue weighted by Gasteiger charge is 2.21. The normalized spacial score (nSPS) is 11.1. The van der Waals surface area contributed by atoms with Crippen molar-refractivity contribution < 1.29 is 9.53 Å². The minimum absolute atomic E-state index is 0.140. The van der Waals surface area contributed by atoms with E-state index < -0.39 is 0 Å². The molecule has 0 aliphatic carbocycles. The van der Waals surface area contributed by atoms with Gasteiger partial charge < -0.3 is 15.8 Å². The number of amides is 1. The van der Waals surface area contributed by atoms with Gasteiger partial charge in [-0.05, 0) is 37.1 Å². The Bertz CT molecular complexity index is 655. The number of pyridine rings is 1. The molecule has 0 saturated carbocycles. The van der Waals surface area contributed by atoms with Gasteiger partial charge in [0.05, 0.1) is 0 Å². The molecule has 0 unspecified atom stereocenters. The van der Waals surface area contributed by atoms with Crippen molar-refractivity contribution in [2.75, 3.05) is 6.54 Å². The van der Waals surface area contributed by atoms with E-state index in [2.05, 4.69) is 10.3 Å². The summed E-state index contributed by atoms with van der Waals surface area (Å²) in [4.78, 5) is 16.4. The minimum atomic E-state index is -0.357. The lowest BCUT2D eigenvalue weighted by Gasteiger charge is -2.26. The molecule has 0 aliphatic rings. The predicted octanol–water partition coefficient (Wildman–Crippen LogP) is 2.91. The van der Waals surface area contributed by atoms with Crippen LogP contribution in [0.5, 0.6) is 5.75 Å². The first-order chi connectivity index (χ1) is 11.6. The summed E-state index contributed by atoms with van der Waals surface area (Å²) in [5.41, 5.74) is 7.40. The van der Waals surface area contributed by atoms with Gasteiger partial charge in [-0.1, -0.05) is 26.0 Å². The van der Waals surface area contributed by atoms with Gasteiger partial charge in [0.1, 0.15) is 12.4 Å². The van der Waals surface area contributed by atoms with Gasteiger partial charge >= 0.3 is 0 Å². The number of aromatic nitrogens is 1. The van der Waals surface area contributed by atoms with Crippen LogP contribution in [0.3, 0.4) is 0 Å². The molecular formula is C19H25N3O2. The van der Waals surface area contributed by atoms with Crippen molar-refractivity contribution in [3.05, 3.63) is 59.9 Å². The topological polar surface area (TPSA) is 77.2 Å². The molecular weight excluding hydrogens is 302 g/mol. The van der Waals surface area contributed by atoms with Gasteiger partial charge in [-0.2, -0.15) is 0 Å². The number of nitrogens with one attached hydrogen (secondary N) is 1. The van der Waals surface area contributed by atoms with E-state index in [0.29, 0.717) is 24.5 Å². The number of ether oxygens (including phenoxy) is 1. The zero-order valence-corrected chi connectivity index (χ0v) is 14.3. The van der Waals surface area contributed by atoms with Crippen LogP contribution in [0.25, 0.3) is 0 Å². The molecule has 1 aromatic heterocycles. The largest absolute Gasteiger partial charge is 0.489 e. The summed E-state index contributed by atoms with van der Waals surface area (Å²) in [6, 6.07) is 11.0. The number of benzene rings is 1. The molecule has 24 heavy (non-hydrogen) atoms. The fourth-order valence-electron chi connectivity index (χ4n) is 2.24. The summed E-state index contributed by atoms with van der Waals surface area (Å²) in [6.07, 6.45) is 5.11. The van der Waals surface area contributed by atoms with Crippen LogP contribution in [0.4, 0.5) is 0 Å². The molecule has 0 spiro atoms. The van der Waals surface area contributed by atoms with Gasteiger partial charge in [-0.15, -0.1) is 0 Å². The monoisotopic (exact) mass is 327 g/mol. The van der Waals surface area contributed by atoms with E-state index in [4.69, 9.17) is 10.5 Å². The van der Waals surface area contributed by atoms with Crippen LogP contribution in [0.1, 0.15) is 42.6 Å². The second-order valence-corrected chi connectivity index (χ2v) is 5.93. The Morgan fingerprint density at radius 1 is 1.25 bits per heavy atom. The molecule has 1 aromatic carbocycles. The summed E-state index contributed by atoms with van der Waals surface area (Å²) < 4.78 is 5.73. The Morgan fingerprint density at radius 2 is 2.04 bits per heavy atom. The van der Waals surface area contributed by atoms with Crippen molar-refractivity contribution in [3.63, 3.8) is 0 Å². The Hall–Kier alpha value is -2.40. The lowest BCUT2D eigenvalue weighted by atomic mass is 9.94. The maximum absolute atomic E-state index is 12.3. The maximum atomic E-state index is 12.3. The van der Waals surface area contributed by atoms with Gasteiger partial charge in [-0.25, -0.2) is 0 Å². The quantitative estimate of drug-likeness (QED) is 0.781. The first-order valence-corrected chi connectivity index (χ1v) is 8.25. The predicted molar refractivity (Wildman–Crippen MR) is 94.8 cm³/mol. The summed E-state index contributed by atoms with van der Waals surface area (Å²) in [6.45, 7) is 4.93. The maximum Gasteiger partial charge on any atom is 0.251 e. The first kappa shape index (κ1) is 17.9. The Balaban J connectivity index is 1.95. The van der Waals surface area contributed by atoms with E-state index in [9.17, 15) is 4.79 Å². The molecule has 0 saturated heterocycles. The van der Waals surface area contributed by atoms with Crippen LogP contribution in [0.15, 0.2) is 48.8 Å².